The van der Waals surface area contributed by atoms with Crippen LogP contribution < -0.4 is 5.73 Å². The number of rotatable bonds is 4. The molecular weight excluding hydrogens is 188 g/mol. The second-order valence-corrected chi connectivity index (χ2v) is 4.48. The van der Waals surface area contributed by atoms with E-state index in [0.717, 1.165) is 19.3 Å². The highest BCUT2D eigenvalue weighted by Gasteiger charge is 2.27. The van der Waals surface area contributed by atoms with E-state index < -0.39 is 0 Å². The van der Waals surface area contributed by atoms with E-state index in [4.69, 9.17) is 5.73 Å². The van der Waals surface area contributed by atoms with Crippen molar-refractivity contribution < 1.29 is 4.79 Å². The van der Waals surface area contributed by atoms with Crippen molar-refractivity contribution in [2.75, 3.05) is 7.05 Å². The zero-order chi connectivity index (χ0) is 11.4. The summed E-state index contributed by atoms with van der Waals surface area (Å²) in [6.45, 7) is 4.24. The molecule has 0 aliphatic heterocycles. The van der Waals surface area contributed by atoms with Crippen LogP contribution in [0, 0.1) is 5.92 Å². The van der Waals surface area contributed by atoms with Crippen LogP contribution in [0.5, 0.6) is 0 Å². The van der Waals surface area contributed by atoms with Gasteiger partial charge in [-0.3, -0.25) is 4.79 Å². The van der Waals surface area contributed by atoms with Gasteiger partial charge in [-0.2, -0.15) is 0 Å². The van der Waals surface area contributed by atoms with Gasteiger partial charge in [0.2, 0.25) is 5.91 Å². The monoisotopic (exact) mass is 210 g/mol. The molecule has 0 spiro atoms. The van der Waals surface area contributed by atoms with Gasteiger partial charge in [-0.25, -0.2) is 0 Å². The Morgan fingerprint density at radius 1 is 1.60 bits per heavy atom. The van der Waals surface area contributed by atoms with Crippen molar-refractivity contribution in [1.82, 2.24) is 4.90 Å². The molecule has 0 aromatic carbocycles. The molecule has 0 radical (unpaired) electrons. The van der Waals surface area contributed by atoms with Crippen LogP contribution in [0.15, 0.2) is 12.2 Å². The summed E-state index contributed by atoms with van der Waals surface area (Å²) in [5.41, 5.74) is 5.74. The van der Waals surface area contributed by atoms with E-state index in [1.165, 1.54) is 0 Å². The molecule has 1 amide bonds. The normalized spacial score (nSPS) is 26.7. The molecule has 0 fully saturated rings. The summed E-state index contributed by atoms with van der Waals surface area (Å²) in [7, 11) is 1.89. The highest BCUT2D eigenvalue weighted by atomic mass is 16.2. The molecule has 0 bridgehead atoms. The third kappa shape index (κ3) is 3.06. The first-order chi connectivity index (χ1) is 7.06. The Labute approximate surface area is 92.3 Å². The minimum absolute atomic E-state index is 0.00399. The maximum absolute atomic E-state index is 12.0. The zero-order valence-electron chi connectivity index (χ0n) is 9.94. The van der Waals surface area contributed by atoms with Crippen LogP contribution in [-0.4, -0.2) is 29.9 Å². The largest absolute Gasteiger partial charge is 0.343 e. The van der Waals surface area contributed by atoms with Crippen molar-refractivity contribution in [3.05, 3.63) is 12.2 Å². The van der Waals surface area contributed by atoms with Crippen LogP contribution >= 0.6 is 0 Å². The van der Waals surface area contributed by atoms with Gasteiger partial charge >= 0.3 is 0 Å². The Kier molecular flexibility index (Phi) is 4.33. The molecule has 3 nitrogen and oxygen atoms in total. The van der Waals surface area contributed by atoms with Gasteiger partial charge in [-0.1, -0.05) is 25.5 Å². The molecular formula is C12H22N2O. The fourth-order valence-corrected chi connectivity index (χ4v) is 2.00. The van der Waals surface area contributed by atoms with Gasteiger partial charge < -0.3 is 10.6 Å². The smallest absolute Gasteiger partial charge is 0.229 e. The molecule has 1 aliphatic rings. The molecule has 0 heterocycles. The third-order valence-corrected chi connectivity index (χ3v) is 3.15. The predicted molar refractivity (Wildman–Crippen MR) is 62.4 cm³/mol. The Balaban J connectivity index is 2.49. The molecule has 1 aliphatic carbocycles. The molecule has 3 atom stereocenters. The number of amides is 1. The van der Waals surface area contributed by atoms with Crippen LogP contribution in [0.1, 0.15) is 33.1 Å². The second-order valence-electron chi connectivity index (χ2n) is 4.48. The second kappa shape index (κ2) is 5.31. The molecule has 3 heteroatoms. The van der Waals surface area contributed by atoms with E-state index >= 15 is 0 Å². The first-order valence-corrected chi connectivity index (χ1v) is 5.76. The van der Waals surface area contributed by atoms with E-state index in [1.807, 2.05) is 24.1 Å². The first kappa shape index (κ1) is 12.2. The van der Waals surface area contributed by atoms with Crippen LogP contribution in [0.4, 0.5) is 0 Å². The summed E-state index contributed by atoms with van der Waals surface area (Å²) < 4.78 is 0. The Morgan fingerprint density at radius 3 is 2.73 bits per heavy atom. The number of hydrogen-bond donors (Lipinski definition) is 1. The lowest BCUT2D eigenvalue weighted by Crippen LogP contribution is -2.38. The third-order valence-electron chi connectivity index (χ3n) is 3.15. The molecule has 0 saturated heterocycles. The van der Waals surface area contributed by atoms with E-state index in [2.05, 4.69) is 13.8 Å². The van der Waals surface area contributed by atoms with E-state index in [9.17, 15) is 4.79 Å². The summed E-state index contributed by atoms with van der Waals surface area (Å²) in [6.07, 6.45) is 6.81. The van der Waals surface area contributed by atoms with Crippen molar-refractivity contribution in [2.24, 2.45) is 11.7 Å². The van der Waals surface area contributed by atoms with Crippen LogP contribution in [0.3, 0.4) is 0 Å². The van der Waals surface area contributed by atoms with Crippen LogP contribution in [0.2, 0.25) is 0 Å². The molecule has 1 rings (SSSR count). The molecule has 0 saturated carbocycles. The van der Waals surface area contributed by atoms with Crippen molar-refractivity contribution in [2.45, 2.75) is 45.2 Å². The van der Waals surface area contributed by atoms with Gasteiger partial charge in [0.1, 0.15) is 0 Å². The average Bonchev–Trinajstić information content (AvgIpc) is 2.63. The quantitative estimate of drug-likeness (QED) is 0.715. The van der Waals surface area contributed by atoms with Crippen molar-refractivity contribution in [1.29, 1.82) is 0 Å². The lowest BCUT2D eigenvalue weighted by atomic mass is 10.0. The van der Waals surface area contributed by atoms with Gasteiger partial charge in [-0.05, 0) is 19.8 Å². The molecule has 0 aromatic rings. The fraction of sp³-hybridized carbons (Fsp3) is 0.750. The summed E-state index contributed by atoms with van der Waals surface area (Å²) in [6, 6.07) is 0.390. The minimum atomic E-state index is 0.00399. The van der Waals surface area contributed by atoms with Crippen molar-refractivity contribution in [3.63, 3.8) is 0 Å². The standard InChI is InChI=1S/C12H22N2O/c1-4-5-9(2)14(3)12(15)10-6-7-11(13)8-10/h6-7,9-11H,4-5,8,13H2,1-3H3. The number of carbonyl (C=O) groups excluding carboxylic acids is 1. The maximum Gasteiger partial charge on any atom is 0.229 e. The SMILES string of the molecule is CCCC(C)N(C)C(=O)C1C=CC(N)C1. The Morgan fingerprint density at radius 2 is 2.27 bits per heavy atom. The van der Waals surface area contributed by atoms with Crippen molar-refractivity contribution >= 4 is 5.91 Å². The maximum atomic E-state index is 12.0. The molecule has 2 N–H and O–H groups in total. The molecule has 3 unspecified atom stereocenters. The van der Waals surface area contributed by atoms with E-state index in [-0.39, 0.29) is 17.9 Å². The zero-order valence-corrected chi connectivity index (χ0v) is 9.94. The van der Waals surface area contributed by atoms with Gasteiger partial charge in [-0.15, -0.1) is 0 Å². The van der Waals surface area contributed by atoms with E-state index in [0.29, 0.717) is 6.04 Å². The molecule has 0 aromatic heterocycles. The van der Waals surface area contributed by atoms with Crippen LogP contribution in [0.25, 0.3) is 0 Å². The first-order valence-electron chi connectivity index (χ1n) is 5.76. The number of carbonyl (C=O) groups is 1. The fourth-order valence-electron chi connectivity index (χ4n) is 2.00. The lowest BCUT2D eigenvalue weighted by molar-refractivity contribution is -0.134. The van der Waals surface area contributed by atoms with E-state index in [1.54, 1.807) is 0 Å². The number of nitrogens with zero attached hydrogens (tertiary/aromatic N) is 1. The molecule has 86 valence electrons. The average molecular weight is 210 g/mol. The number of hydrogen-bond acceptors (Lipinski definition) is 2. The van der Waals surface area contributed by atoms with Crippen molar-refractivity contribution in [3.8, 4) is 0 Å². The summed E-state index contributed by atoms with van der Waals surface area (Å²) in [5, 5.41) is 0. The number of nitrogens with two attached hydrogens (primary N) is 1. The Hall–Kier alpha value is -0.830. The minimum Gasteiger partial charge on any atom is -0.343 e. The van der Waals surface area contributed by atoms with Gasteiger partial charge in [0, 0.05) is 19.1 Å². The highest BCUT2D eigenvalue weighted by Crippen LogP contribution is 2.20. The van der Waals surface area contributed by atoms with Crippen LogP contribution in [-0.2, 0) is 4.79 Å². The summed E-state index contributed by atoms with van der Waals surface area (Å²) in [4.78, 5) is 13.9. The Bertz CT molecular complexity index is 250. The summed E-state index contributed by atoms with van der Waals surface area (Å²) in [5.74, 6) is 0.212. The van der Waals surface area contributed by atoms with Gasteiger partial charge in [0.05, 0.1) is 5.92 Å². The summed E-state index contributed by atoms with van der Waals surface area (Å²) >= 11 is 0. The molecule has 15 heavy (non-hydrogen) atoms. The van der Waals surface area contributed by atoms with Gasteiger partial charge in [0.15, 0.2) is 0 Å². The predicted octanol–water partition coefficient (Wildman–Crippen LogP) is 1.54. The van der Waals surface area contributed by atoms with Gasteiger partial charge in [0.25, 0.3) is 0 Å². The lowest BCUT2D eigenvalue weighted by Gasteiger charge is -2.27. The topological polar surface area (TPSA) is 46.3 Å². The highest BCUT2D eigenvalue weighted by molar-refractivity contribution is 5.81.